The van der Waals surface area contributed by atoms with Crippen LogP contribution in [-0.2, 0) is 6.54 Å². The molecule has 19 heavy (non-hydrogen) atoms. The summed E-state index contributed by atoms with van der Waals surface area (Å²) in [4.78, 5) is 0. The number of ether oxygens (including phenoxy) is 1. The van der Waals surface area contributed by atoms with Gasteiger partial charge in [0, 0.05) is 6.54 Å². The summed E-state index contributed by atoms with van der Waals surface area (Å²) in [6.45, 7) is -0.174. The van der Waals surface area contributed by atoms with Crippen LogP contribution in [0.2, 0.25) is 0 Å². The van der Waals surface area contributed by atoms with E-state index in [1.165, 1.54) is 12.1 Å². The third kappa shape index (κ3) is 4.06. The number of nitrogens with one attached hydrogen (secondary N) is 1. The van der Waals surface area contributed by atoms with Crippen LogP contribution in [0.5, 0.6) is 5.75 Å². The van der Waals surface area contributed by atoms with E-state index < -0.39 is 6.61 Å². The summed E-state index contributed by atoms with van der Waals surface area (Å²) in [7, 11) is 0. The van der Waals surface area contributed by atoms with E-state index in [4.69, 9.17) is 4.42 Å². The van der Waals surface area contributed by atoms with Gasteiger partial charge in [0.15, 0.2) is 0 Å². The van der Waals surface area contributed by atoms with Crippen LogP contribution >= 0.6 is 0 Å². The van der Waals surface area contributed by atoms with Crippen molar-refractivity contribution in [2.75, 3.05) is 0 Å². The number of hydrogen-bond acceptors (Lipinski definition) is 3. The fourth-order valence-electron chi connectivity index (χ4n) is 1.70. The molecule has 102 valence electrons. The van der Waals surface area contributed by atoms with Crippen molar-refractivity contribution in [1.29, 1.82) is 0 Å². The molecular formula is C14H15F2NO2. The lowest BCUT2D eigenvalue weighted by atomic mass is 10.2. The maximum absolute atomic E-state index is 12.0. The van der Waals surface area contributed by atoms with Gasteiger partial charge in [-0.05, 0) is 36.8 Å². The van der Waals surface area contributed by atoms with Gasteiger partial charge >= 0.3 is 6.61 Å². The Balaban J connectivity index is 1.86. The summed E-state index contributed by atoms with van der Waals surface area (Å²) in [5.41, 5.74) is 0.986. The fourth-order valence-corrected chi connectivity index (χ4v) is 1.70. The van der Waals surface area contributed by atoms with Gasteiger partial charge in [-0.1, -0.05) is 12.1 Å². The molecule has 0 radical (unpaired) electrons. The zero-order chi connectivity index (χ0) is 13.7. The number of benzene rings is 1. The number of furan rings is 1. The van der Waals surface area contributed by atoms with E-state index in [9.17, 15) is 8.78 Å². The van der Waals surface area contributed by atoms with E-state index in [1.807, 2.05) is 19.1 Å². The highest BCUT2D eigenvalue weighted by Gasteiger charge is 2.07. The average molecular weight is 267 g/mol. The maximum atomic E-state index is 12.0. The Kier molecular flexibility index (Phi) is 4.52. The second-order valence-electron chi connectivity index (χ2n) is 4.14. The van der Waals surface area contributed by atoms with Gasteiger partial charge < -0.3 is 14.5 Å². The van der Waals surface area contributed by atoms with E-state index >= 15 is 0 Å². The highest BCUT2D eigenvalue weighted by atomic mass is 19.3. The molecule has 0 aliphatic carbocycles. The van der Waals surface area contributed by atoms with Crippen LogP contribution in [0.1, 0.15) is 24.3 Å². The predicted molar refractivity (Wildman–Crippen MR) is 67.0 cm³/mol. The Labute approximate surface area is 110 Å². The first-order chi connectivity index (χ1) is 9.15. The molecule has 1 aromatic carbocycles. The lowest BCUT2D eigenvalue weighted by molar-refractivity contribution is -0.0498. The number of halogens is 2. The highest BCUT2D eigenvalue weighted by molar-refractivity contribution is 5.27. The molecule has 1 atom stereocenters. The van der Waals surface area contributed by atoms with Crippen LogP contribution in [-0.4, -0.2) is 6.61 Å². The van der Waals surface area contributed by atoms with Gasteiger partial charge in [0.25, 0.3) is 0 Å². The molecule has 0 bridgehead atoms. The molecule has 3 nitrogen and oxygen atoms in total. The molecule has 0 saturated heterocycles. The molecule has 5 heteroatoms. The van der Waals surface area contributed by atoms with Crippen LogP contribution in [0, 0.1) is 0 Å². The smallest absolute Gasteiger partial charge is 0.387 e. The van der Waals surface area contributed by atoms with Crippen molar-refractivity contribution in [3.8, 4) is 5.75 Å². The first kappa shape index (κ1) is 13.5. The maximum Gasteiger partial charge on any atom is 0.387 e. The Morgan fingerprint density at radius 1 is 1.21 bits per heavy atom. The molecular weight excluding hydrogens is 252 g/mol. The largest absolute Gasteiger partial charge is 0.468 e. The zero-order valence-corrected chi connectivity index (χ0v) is 10.5. The molecule has 0 aliphatic rings. The van der Waals surface area contributed by atoms with E-state index in [2.05, 4.69) is 10.1 Å². The Hall–Kier alpha value is -1.88. The van der Waals surface area contributed by atoms with Crippen molar-refractivity contribution >= 4 is 0 Å². The summed E-state index contributed by atoms with van der Waals surface area (Å²) in [5, 5.41) is 3.28. The third-order valence-electron chi connectivity index (χ3n) is 2.73. The third-order valence-corrected chi connectivity index (χ3v) is 2.73. The molecule has 0 unspecified atom stereocenters. The summed E-state index contributed by atoms with van der Waals surface area (Å²) < 4.78 is 33.5. The minimum Gasteiger partial charge on any atom is -0.468 e. The van der Waals surface area contributed by atoms with E-state index in [1.54, 1.807) is 18.4 Å². The van der Waals surface area contributed by atoms with Crippen LogP contribution < -0.4 is 10.1 Å². The topological polar surface area (TPSA) is 34.4 Å². The lowest BCUT2D eigenvalue weighted by Crippen LogP contribution is -2.17. The zero-order valence-electron chi connectivity index (χ0n) is 10.5. The van der Waals surface area contributed by atoms with Gasteiger partial charge in [0.1, 0.15) is 11.5 Å². The van der Waals surface area contributed by atoms with Gasteiger partial charge in [0.2, 0.25) is 0 Å². The van der Waals surface area contributed by atoms with Gasteiger partial charge in [-0.2, -0.15) is 8.78 Å². The minimum absolute atomic E-state index is 0.0898. The van der Waals surface area contributed by atoms with Crippen LogP contribution in [0.3, 0.4) is 0 Å². The lowest BCUT2D eigenvalue weighted by Gasteiger charge is -2.11. The molecule has 1 aromatic heterocycles. The number of hydrogen-bond donors (Lipinski definition) is 1. The van der Waals surface area contributed by atoms with Crippen molar-refractivity contribution < 1.29 is 17.9 Å². The second kappa shape index (κ2) is 6.33. The molecule has 2 rings (SSSR count). The van der Waals surface area contributed by atoms with Crippen molar-refractivity contribution in [1.82, 2.24) is 5.32 Å². The summed E-state index contributed by atoms with van der Waals surface area (Å²) in [6, 6.07) is 10.4. The van der Waals surface area contributed by atoms with Crippen molar-refractivity contribution in [3.05, 3.63) is 54.0 Å². The minimum atomic E-state index is -2.79. The molecule has 0 saturated carbocycles. The van der Waals surface area contributed by atoms with Crippen LogP contribution in [0.4, 0.5) is 8.78 Å². The van der Waals surface area contributed by atoms with Gasteiger partial charge in [0.05, 0.1) is 12.3 Å². The van der Waals surface area contributed by atoms with Gasteiger partial charge in [-0.15, -0.1) is 0 Å². The van der Waals surface area contributed by atoms with E-state index in [0.717, 1.165) is 11.3 Å². The predicted octanol–water partition coefficient (Wildman–Crippen LogP) is 3.73. The fraction of sp³-hybridized carbons (Fsp3) is 0.286. The van der Waals surface area contributed by atoms with Gasteiger partial charge in [-0.3, -0.25) is 0 Å². The standard InChI is InChI=1S/C14H15F2NO2/c1-10(13-3-2-8-18-13)17-9-11-4-6-12(7-5-11)19-14(15)16/h2-8,10,14,17H,9H2,1H3/t10-/m0/s1. The Bertz CT molecular complexity index is 483. The monoisotopic (exact) mass is 267 g/mol. The van der Waals surface area contributed by atoms with E-state index in [0.29, 0.717) is 6.54 Å². The molecule has 2 aromatic rings. The average Bonchev–Trinajstić information content (AvgIpc) is 2.91. The van der Waals surface area contributed by atoms with Crippen molar-refractivity contribution in [2.45, 2.75) is 26.1 Å². The van der Waals surface area contributed by atoms with Crippen LogP contribution in [0.15, 0.2) is 47.1 Å². The second-order valence-corrected chi connectivity index (χ2v) is 4.14. The Morgan fingerprint density at radius 2 is 1.95 bits per heavy atom. The van der Waals surface area contributed by atoms with Crippen molar-refractivity contribution in [2.24, 2.45) is 0 Å². The molecule has 0 fully saturated rings. The number of alkyl halides is 2. The first-order valence-corrected chi connectivity index (χ1v) is 5.95. The molecule has 1 N–H and O–H groups in total. The summed E-state index contributed by atoms with van der Waals surface area (Å²) >= 11 is 0. The molecule has 0 amide bonds. The summed E-state index contributed by atoms with van der Waals surface area (Å²) in [5.74, 6) is 1.02. The highest BCUT2D eigenvalue weighted by Crippen LogP contribution is 2.16. The first-order valence-electron chi connectivity index (χ1n) is 5.95. The molecule has 0 aliphatic heterocycles. The quantitative estimate of drug-likeness (QED) is 0.866. The molecule has 1 heterocycles. The van der Waals surface area contributed by atoms with E-state index in [-0.39, 0.29) is 11.8 Å². The normalized spacial score (nSPS) is 12.6. The number of rotatable bonds is 6. The summed E-state index contributed by atoms with van der Waals surface area (Å²) in [6.07, 6.45) is 1.63. The van der Waals surface area contributed by atoms with Crippen molar-refractivity contribution in [3.63, 3.8) is 0 Å². The SMILES string of the molecule is C[C@H](NCc1ccc(OC(F)F)cc1)c1ccco1. The Morgan fingerprint density at radius 3 is 2.53 bits per heavy atom. The van der Waals surface area contributed by atoms with Crippen LogP contribution in [0.25, 0.3) is 0 Å². The molecule has 0 spiro atoms. The van der Waals surface area contributed by atoms with Gasteiger partial charge in [-0.25, -0.2) is 0 Å².